The van der Waals surface area contributed by atoms with Crippen molar-refractivity contribution in [2.75, 3.05) is 13.6 Å². The molecule has 1 atom stereocenters. The topological polar surface area (TPSA) is 74.1 Å². The molecule has 0 saturated heterocycles. The molecule has 0 radical (unpaired) electrons. The van der Waals surface area contributed by atoms with Gasteiger partial charge in [0.1, 0.15) is 0 Å². The molecule has 1 heterocycles. The number of hydrogen-bond acceptors (Lipinski definition) is 4. The summed E-state index contributed by atoms with van der Waals surface area (Å²) in [5.41, 5.74) is 5.22. The summed E-state index contributed by atoms with van der Waals surface area (Å²) >= 11 is 6.09. The van der Waals surface area contributed by atoms with Gasteiger partial charge in [-0.2, -0.15) is 5.10 Å². The first kappa shape index (κ1) is 24.0. The molecule has 0 amide bonds. The van der Waals surface area contributed by atoms with Crippen LogP contribution in [0.15, 0.2) is 81.7 Å². The molecule has 1 aliphatic rings. The lowest BCUT2D eigenvalue weighted by molar-refractivity contribution is 0.462. The molecular weight excluding hydrogens is 468 g/mol. The van der Waals surface area contributed by atoms with Gasteiger partial charge < -0.3 is 0 Å². The van der Waals surface area contributed by atoms with Gasteiger partial charge in [0.25, 0.3) is 10.0 Å². The van der Waals surface area contributed by atoms with Crippen molar-refractivity contribution in [1.29, 1.82) is 0 Å². The molecule has 1 unspecified atom stereocenters. The summed E-state index contributed by atoms with van der Waals surface area (Å²) in [4.78, 5) is 4.52. The fourth-order valence-corrected chi connectivity index (χ4v) is 6.07. The normalized spacial score (nSPS) is 16.5. The second-order valence-electron chi connectivity index (χ2n) is 8.42. The molecule has 0 saturated carbocycles. The Hall–Kier alpha value is -3.16. The van der Waals surface area contributed by atoms with E-state index in [4.69, 9.17) is 16.7 Å². The van der Waals surface area contributed by atoms with Gasteiger partial charge in [-0.1, -0.05) is 71.8 Å². The quantitative estimate of drug-likeness (QED) is 0.408. The number of aliphatic imine (C=N–C) groups is 1. The minimum atomic E-state index is -3.87. The highest BCUT2D eigenvalue weighted by molar-refractivity contribution is 7.90. The van der Waals surface area contributed by atoms with Crippen molar-refractivity contribution in [2.24, 2.45) is 10.1 Å². The zero-order chi connectivity index (χ0) is 24.5. The zero-order valence-corrected chi connectivity index (χ0v) is 21.2. The van der Waals surface area contributed by atoms with E-state index in [9.17, 15) is 8.42 Å². The van der Waals surface area contributed by atoms with Gasteiger partial charge in [-0.25, -0.2) is 18.1 Å². The van der Waals surface area contributed by atoms with Gasteiger partial charge in [0.15, 0.2) is 0 Å². The molecule has 8 heteroatoms. The fraction of sp³-hybridized carbons (Fsp3) is 0.231. The summed E-state index contributed by atoms with van der Waals surface area (Å²) < 4.78 is 29.4. The SMILES string of the molecule is CN=C(NS(=O)(=O)c1c(C)cc(C)cc1C)N1CC(c2ccccc2)C(c2ccc(Cl)cc2)=N1. The van der Waals surface area contributed by atoms with E-state index in [1.165, 1.54) is 0 Å². The van der Waals surface area contributed by atoms with Crippen LogP contribution in [0.25, 0.3) is 0 Å². The molecule has 0 aliphatic carbocycles. The van der Waals surface area contributed by atoms with Crippen LogP contribution < -0.4 is 4.72 Å². The average Bonchev–Trinajstić information content (AvgIpc) is 3.23. The maximum Gasteiger partial charge on any atom is 0.264 e. The van der Waals surface area contributed by atoms with Crippen LogP contribution in [0.4, 0.5) is 0 Å². The molecule has 6 nitrogen and oxygen atoms in total. The van der Waals surface area contributed by atoms with Crippen LogP contribution in [0.3, 0.4) is 0 Å². The summed E-state index contributed by atoms with van der Waals surface area (Å²) in [5, 5.41) is 7.07. The van der Waals surface area contributed by atoms with Crippen LogP contribution in [0.1, 0.15) is 33.7 Å². The van der Waals surface area contributed by atoms with Gasteiger partial charge in [-0.3, -0.25) is 4.99 Å². The van der Waals surface area contributed by atoms with Crippen LogP contribution in [0.5, 0.6) is 0 Å². The summed E-state index contributed by atoms with van der Waals surface area (Å²) in [6.07, 6.45) is 0. The predicted octanol–water partition coefficient (Wildman–Crippen LogP) is 5.03. The molecule has 3 aromatic rings. The lowest BCUT2D eigenvalue weighted by Gasteiger charge is -2.20. The van der Waals surface area contributed by atoms with Crippen LogP contribution in [0.2, 0.25) is 5.02 Å². The minimum Gasteiger partial charge on any atom is -0.254 e. The summed E-state index contributed by atoms with van der Waals surface area (Å²) in [6.45, 7) is 6.00. The van der Waals surface area contributed by atoms with E-state index in [1.54, 1.807) is 25.9 Å². The Morgan fingerprint density at radius 1 is 1.03 bits per heavy atom. The second-order valence-corrected chi connectivity index (χ2v) is 10.5. The van der Waals surface area contributed by atoms with E-state index in [2.05, 4.69) is 9.71 Å². The number of aryl methyl sites for hydroxylation is 3. The van der Waals surface area contributed by atoms with Crippen molar-refractivity contribution in [1.82, 2.24) is 9.73 Å². The van der Waals surface area contributed by atoms with Gasteiger partial charge in [0.05, 0.1) is 17.2 Å². The number of nitrogens with one attached hydrogen (secondary N) is 1. The Bertz CT molecular complexity index is 1340. The lowest BCUT2D eigenvalue weighted by atomic mass is 9.91. The molecule has 0 aromatic heterocycles. The Morgan fingerprint density at radius 3 is 2.24 bits per heavy atom. The van der Waals surface area contributed by atoms with Crippen molar-refractivity contribution >= 4 is 33.3 Å². The van der Waals surface area contributed by atoms with Crippen molar-refractivity contribution in [3.63, 3.8) is 0 Å². The molecule has 0 fully saturated rings. The third-order valence-corrected chi connectivity index (χ3v) is 7.70. The molecule has 0 spiro atoms. The highest BCUT2D eigenvalue weighted by Crippen LogP contribution is 2.30. The molecule has 1 aliphatic heterocycles. The largest absolute Gasteiger partial charge is 0.264 e. The van der Waals surface area contributed by atoms with Crippen molar-refractivity contribution < 1.29 is 8.42 Å². The van der Waals surface area contributed by atoms with Gasteiger partial charge in [0.2, 0.25) is 5.96 Å². The van der Waals surface area contributed by atoms with Crippen molar-refractivity contribution in [3.05, 3.63) is 99.6 Å². The van der Waals surface area contributed by atoms with E-state index >= 15 is 0 Å². The minimum absolute atomic E-state index is 0.0634. The van der Waals surface area contributed by atoms with Crippen molar-refractivity contribution in [2.45, 2.75) is 31.6 Å². The summed E-state index contributed by atoms with van der Waals surface area (Å²) in [7, 11) is -2.31. The zero-order valence-electron chi connectivity index (χ0n) is 19.6. The predicted molar refractivity (Wildman–Crippen MR) is 138 cm³/mol. The lowest BCUT2D eigenvalue weighted by Crippen LogP contribution is -2.41. The number of rotatable bonds is 4. The Balaban J connectivity index is 1.70. The third kappa shape index (κ3) is 4.86. The Morgan fingerprint density at radius 2 is 1.65 bits per heavy atom. The maximum absolute atomic E-state index is 13.4. The Kier molecular flexibility index (Phi) is 6.77. The first-order valence-corrected chi connectivity index (χ1v) is 12.8. The smallest absolute Gasteiger partial charge is 0.254 e. The highest BCUT2D eigenvalue weighted by Gasteiger charge is 2.33. The summed E-state index contributed by atoms with van der Waals surface area (Å²) in [6, 6.07) is 21.3. The fourth-order valence-electron chi connectivity index (χ4n) is 4.44. The monoisotopic (exact) mass is 494 g/mol. The van der Waals surface area contributed by atoms with Crippen LogP contribution in [-0.4, -0.2) is 38.7 Å². The number of hydrogen-bond donors (Lipinski definition) is 1. The van der Waals surface area contributed by atoms with Gasteiger partial charge in [0, 0.05) is 18.0 Å². The molecule has 34 heavy (non-hydrogen) atoms. The number of guanidine groups is 1. The molecule has 1 N–H and O–H groups in total. The molecule has 4 rings (SSSR count). The number of sulfonamides is 1. The van der Waals surface area contributed by atoms with E-state index in [0.717, 1.165) is 22.4 Å². The van der Waals surface area contributed by atoms with Gasteiger partial charge in [-0.15, -0.1) is 0 Å². The summed E-state index contributed by atoms with van der Waals surface area (Å²) in [5.74, 6) is 0.107. The number of benzene rings is 3. The first-order valence-electron chi connectivity index (χ1n) is 10.9. The maximum atomic E-state index is 13.4. The molecule has 0 bridgehead atoms. The Labute approximate surface area is 206 Å². The second kappa shape index (κ2) is 9.60. The van der Waals surface area contributed by atoms with Crippen LogP contribution in [-0.2, 0) is 10.0 Å². The standard InChI is InChI=1S/C26H27ClN4O2S/c1-17-14-18(2)25(19(3)15-17)34(32,33)30-26(28-4)31-16-23(20-8-6-5-7-9-20)24(29-31)21-10-12-22(27)13-11-21/h5-15,23H,16H2,1-4H3,(H,28,30). The molecule has 176 valence electrons. The van der Waals surface area contributed by atoms with Gasteiger partial charge >= 0.3 is 0 Å². The number of hydrazone groups is 1. The van der Waals surface area contributed by atoms with E-state index in [1.807, 2.05) is 73.7 Å². The highest BCUT2D eigenvalue weighted by atomic mass is 35.5. The first-order chi connectivity index (χ1) is 16.2. The van der Waals surface area contributed by atoms with Crippen molar-refractivity contribution in [3.8, 4) is 0 Å². The van der Waals surface area contributed by atoms with E-state index < -0.39 is 10.0 Å². The number of nitrogens with zero attached hydrogens (tertiary/aromatic N) is 3. The van der Waals surface area contributed by atoms with E-state index in [-0.39, 0.29) is 16.8 Å². The molecule has 3 aromatic carbocycles. The third-order valence-electron chi connectivity index (χ3n) is 5.81. The van der Waals surface area contributed by atoms with Gasteiger partial charge in [-0.05, 0) is 55.2 Å². The molecular formula is C26H27ClN4O2S. The van der Waals surface area contributed by atoms with Crippen LogP contribution in [0, 0.1) is 20.8 Å². The van der Waals surface area contributed by atoms with E-state index in [0.29, 0.717) is 22.7 Å². The average molecular weight is 495 g/mol. The van der Waals surface area contributed by atoms with Crippen LogP contribution >= 0.6 is 11.6 Å². The number of halogens is 1.